The molecule has 0 saturated carbocycles. The van der Waals surface area contributed by atoms with Gasteiger partial charge in [0.05, 0.1) is 10.8 Å². The molecule has 2 rings (SSSR count). The summed E-state index contributed by atoms with van der Waals surface area (Å²) in [5.74, 6) is 4.41. The van der Waals surface area contributed by atoms with E-state index in [2.05, 4.69) is 5.43 Å². The van der Waals surface area contributed by atoms with E-state index in [1.807, 2.05) is 0 Å². The summed E-state index contributed by atoms with van der Waals surface area (Å²) in [6.07, 6.45) is 1.31. The number of sulfonamides is 1. The van der Waals surface area contributed by atoms with Crippen LogP contribution in [0.3, 0.4) is 0 Å². The first kappa shape index (κ1) is 14.0. The molecule has 0 aromatic heterocycles. The van der Waals surface area contributed by atoms with Crippen LogP contribution in [0.2, 0.25) is 0 Å². The standard InChI is InChI=1S/C12H17N3O3S/c13-14-12(16)10-5-4-8-15(9-10)19(17,18)11-6-2-1-3-7-11/h1-3,6-7,10H,4-5,8-9,13H2,(H,14,16)/t10-/m1/s1. The van der Waals surface area contributed by atoms with E-state index >= 15 is 0 Å². The Balaban J connectivity index is 2.20. The van der Waals surface area contributed by atoms with Gasteiger partial charge in [-0.15, -0.1) is 0 Å². The van der Waals surface area contributed by atoms with Gasteiger partial charge < -0.3 is 0 Å². The van der Waals surface area contributed by atoms with E-state index < -0.39 is 10.0 Å². The second kappa shape index (κ2) is 5.68. The molecule has 0 aliphatic carbocycles. The molecule has 1 amide bonds. The predicted molar refractivity (Wildman–Crippen MR) is 70.3 cm³/mol. The lowest BCUT2D eigenvalue weighted by Gasteiger charge is -2.30. The third-order valence-electron chi connectivity index (χ3n) is 3.28. The van der Waals surface area contributed by atoms with Gasteiger partial charge in [-0.25, -0.2) is 14.3 Å². The SMILES string of the molecule is NNC(=O)[C@@H]1CCCN(S(=O)(=O)c2ccccc2)C1. The molecular weight excluding hydrogens is 266 g/mol. The minimum Gasteiger partial charge on any atom is -0.294 e. The second-order valence-electron chi connectivity index (χ2n) is 4.52. The van der Waals surface area contributed by atoms with Crippen LogP contribution in [0, 0.1) is 5.92 Å². The first-order chi connectivity index (χ1) is 9.05. The quantitative estimate of drug-likeness (QED) is 0.467. The fourth-order valence-corrected chi connectivity index (χ4v) is 3.78. The van der Waals surface area contributed by atoms with Gasteiger partial charge in [0.1, 0.15) is 0 Å². The van der Waals surface area contributed by atoms with Crippen LogP contribution in [0.5, 0.6) is 0 Å². The molecule has 3 N–H and O–H groups in total. The normalized spacial score (nSPS) is 21.0. The Morgan fingerprint density at radius 3 is 2.63 bits per heavy atom. The van der Waals surface area contributed by atoms with Crippen LogP contribution in [-0.4, -0.2) is 31.7 Å². The summed E-state index contributed by atoms with van der Waals surface area (Å²) in [5, 5.41) is 0. The summed E-state index contributed by atoms with van der Waals surface area (Å²) in [5.41, 5.74) is 2.09. The van der Waals surface area contributed by atoms with Crippen molar-refractivity contribution < 1.29 is 13.2 Å². The van der Waals surface area contributed by atoms with Gasteiger partial charge in [0, 0.05) is 13.1 Å². The summed E-state index contributed by atoms with van der Waals surface area (Å²) < 4.78 is 26.2. The summed E-state index contributed by atoms with van der Waals surface area (Å²) in [6, 6.07) is 8.24. The molecule has 7 heteroatoms. The molecule has 1 fully saturated rings. The molecule has 6 nitrogen and oxygen atoms in total. The fourth-order valence-electron chi connectivity index (χ4n) is 2.23. The van der Waals surface area contributed by atoms with Crippen molar-refractivity contribution in [3.05, 3.63) is 30.3 Å². The topological polar surface area (TPSA) is 92.5 Å². The average Bonchev–Trinajstić information content (AvgIpc) is 2.47. The minimum absolute atomic E-state index is 0.181. The van der Waals surface area contributed by atoms with E-state index in [9.17, 15) is 13.2 Å². The van der Waals surface area contributed by atoms with Crippen LogP contribution in [0.25, 0.3) is 0 Å². The van der Waals surface area contributed by atoms with Crippen molar-refractivity contribution in [3.8, 4) is 0 Å². The zero-order valence-corrected chi connectivity index (χ0v) is 11.3. The molecule has 1 aliphatic rings. The predicted octanol–water partition coefficient (Wildman–Crippen LogP) is 0.0772. The van der Waals surface area contributed by atoms with E-state index in [1.165, 1.54) is 4.31 Å². The number of hydrazine groups is 1. The van der Waals surface area contributed by atoms with Gasteiger partial charge in [0.25, 0.3) is 0 Å². The van der Waals surface area contributed by atoms with Crippen molar-refractivity contribution in [2.24, 2.45) is 11.8 Å². The molecule has 0 radical (unpaired) electrons. The number of carbonyl (C=O) groups is 1. The zero-order valence-electron chi connectivity index (χ0n) is 10.5. The van der Waals surface area contributed by atoms with E-state index in [0.717, 1.165) is 0 Å². The Hall–Kier alpha value is -1.44. The van der Waals surface area contributed by atoms with Crippen LogP contribution in [0.1, 0.15) is 12.8 Å². The molecule has 104 valence electrons. The largest absolute Gasteiger partial charge is 0.294 e. The van der Waals surface area contributed by atoms with Crippen LogP contribution in [-0.2, 0) is 14.8 Å². The number of nitrogens with one attached hydrogen (secondary N) is 1. The maximum absolute atomic E-state index is 12.4. The maximum Gasteiger partial charge on any atom is 0.243 e. The lowest BCUT2D eigenvalue weighted by Crippen LogP contribution is -2.46. The van der Waals surface area contributed by atoms with Crippen molar-refractivity contribution >= 4 is 15.9 Å². The van der Waals surface area contributed by atoms with Crippen molar-refractivity contribution in [2.45, 2.75) is 17.7 Å². The smallest absolute Gasteiger partial charge is 0.243 e. The molecule has 1 aliphatic heterocycles. The Morgan fingerprint density at radius 2 is 2.00 bits per heavy atom. The van der Waals surface area contributed by atoms with Gasteiger partial charge in [-0.3, -0.25) is 10.2 Å². The van der Waals surface area contributed by atoms with Crippen molar-refractivity contribution in [1.82, 2.24) is 9.73 Å². The molecule has 19 heavy (non-hydrogen) atoms. The van der Waals surface area contributed by atoms with E-state index in [4.69, 9.17) is 5.84 Å². The van der Waals surface area contributed by atoms with E-state index in [0.29, 0.717) is 19.4 Å². The molecule has 0 spiro atoms. The third-order valence-corrected chi connectivity index (χ3v) is 5.16. The lowest BCUT2D eigenvalue weighted by molar-refractivity contribution is -0.126. The Labute approximate surface area is 112 Å². The Morgan fingerprint density at radius 1 is 1.32 bits per heavy atom. The Kier molecular flexibility index (Phi) is 4.18. The third kappa shape index (κ3) is 2.94. The number of carbonyl (C=O) groups excluding carboxylic acids is 1. The molecule has 0 unspecified atom stereocenters. The number of rotatable bonds is 3. The summed E-state index contributed by atoms with van der Waals surface area (Å²) in [4.78, 5) is 11.8. The molecule has 1 atom stereocenters. The van der Waals surface area contributed by atoms with E-state index in [1.54, 1.807) is 30.3 Å². The van der Waals surface area contributed by atoms with Crippen LogP contribution >= 0.6 is 0 Å². The molecule has 1 aromatic rings. The number of amides is 1. The number of benzene rings is 1. The summed E-state index contributed by atoms with van der Waals surface area (Å²) in [7, 11) is -3.52. The Bertz CT molecular complexity index is 545. The van der Waals surface area contributed by atoms with Gasteiger partial charge in [0.15, 0.2) is 0 Å². The number of nitrogens with zero attached hydrogens (tertiary/aromatic N) is 1. The van der Waals surface area contributed by atoms with Crippen molar-refractivity contribution in [1.29, 1.82) is 0 Å². The van der Waals surface area contributed by atoms with Crippen LogP contribution in [0.15, 0.2) is 35.2 Å². The highest BCUT2D eigenvalue weighted by Gasteiger charge is 2.32. The highest BCUT2D eigenvalue weighted by atomic mass is 32.2. The summed E-state index contributed by atoms with van der Waals surface area (Å²) >= 11 is 0. The molecule has 1 saturated heterocycles. The van der Waals surface area contributed by atoms with Crippen molar-refractivity contribution in [3.63, 3.8) is 0 Å². The van der Waals surface area contributed by atoms with Gasteiger partial charge in [-0.2, -0.15) is 4.31 Å². The number of hydrogen-bond acceptors (Lipinski definition) is 4. The first-order valence-corrected chi connectivity index (χ1v) is 7.55. The molecule has 1 aromatic carbocycles. The minimum atomic E-state index is -3.52. The second-order valence-corrected chi connectivity index (χ2v) is 6.46. The zero-order chi connectivity index (χ0) is 13.9. The first-order valence-electron chi connectivity index (χ1n) is 6.11. The number of hydrogen-bond donors (Lipinski definition) is 2. The van der Waals surface area contributed by atoms with Crippen LogP contribution in [0.4, 0.5) is 0 Å². The van der Waals surface area contributed by atoms with Crippen LogP contribution < -0.4 is 11.3 Å². The molecule has 1 heterocycles. The maximum atomic E-state index is 12.4. The lowest BCUT2D eigenvalue weighted by atomic mass is 9.99. The fraction of sp³-hybridized carbons (Fsp3) is 0.417. The average molecular weight is 283 g/mol. The monoisotopic (exact) mass is 283 g/mol. The van der Waals surface area contributed by atoms with Gasteiger partial charge in [-0.1, -0.05) is 18.2 Å². The van der Waals surface area contributed by atoms with E-state index in [-0.39, 0.29) is 23.3 Å². The van der Waals surface area contributed by atoms with Gasteiger partial charge in [-0.05, 0) is 25.0 Å². The highest BCUT2D eigenvalue weighted by Crippen LogP contribution is 2.23. The van der Waals surface area contributed by atoms with Gasteiger partial charge in [0.2, 0.25) is 15.9 Å². The summed E-state index contributed by atoms with van der Waals surface area (Å²) in [6.45, 7) is 0.617. The highest BCUT2D eigenvalue weighted by molar-refractivity contribution is 7.89. The molecule has 0 bridgehead atoms. The molecular formula is C12H17N3O3S. The number of piperidine rings is 1. The van der Waals surface area contributed by atoms with Gasteiger partial charge >= 0.3 is 0 Å². The number of nitrogens with two attached hydrogens (primary N) is 1. The van der Waals surface area contributed by atoms with Crippen molar-refractivity contribution in [2.75, 3.05) is 13.1 Å².